The lowest BCUT2D eigenvalue weighted by atomic mass is 10.3. The number of carbonyl (C=O) groups is 1. The Labute approximate surface area is 128 Å². The smallest absolute Gasteiger partial charge is 0.261 e. The third kappa shape index (κ3) is 3.99. The lowest BCUT2D eigenvalue weighted by Crippen LogP contribution is -2.13. The summed E-state index contributed by atoms with van der Waals surface area (Å²) in [5.41, 5.74) is 0.947. The van der Waals surface area contributed by atoms with Gasteiger partial charge in [-0.2, -0.15) is 0 Å². The number of thiol groups is 1. The molecule has 0 aliphatic rings. The molecular weight excluding hydrogens is 308 g/mol. The minimum Gasteiger partial charge on any atom is -0.326 e. The molecule has 0 aliphatic heterocycles. The number of anilines is 2. The van der Waals surface area contributed by atoms with E-state index in [4.69, 9.17) is 0 Å². The standard InChI is InChI=1S/C14H14N2O3S2/c1-10(17)15-11-6-8-12(9-7-11)21(18,19)16-13-4-2-3-5-14(13)20/h2-9,16,20H,1H3,(H,15,17). The summed E-state index contributed by atoms with van der Waals surface area (Å²) in [6.07, 6.45) is 0. The quantitative estimate of drug-likeness (QED) is 0.758. The van der Waals surface area contributed by atoms with E-state index >= 15 is 0 Å². The topological polar surface area (TPSA) is 75.3 Å². The molecule has 0 aliphatic carbocycles. The van der Waals surface area contributed by atoms with E-state index in [-0.39, 0.29) is 10.8 Å². The number of amides is 1. The Bertz CT molecular complexity index is 756. The number of benzene rings is 2. The Hall–Kier alpha value is -1.99. The van der Waals surface area contributed by atoms with E-state index in [2.05, 4.69) is 22.7 Å². The molecule has 0 bridgehead atoms. The lowest BCUT2D eigenvalue weighted by molar-refractivity contribution is -0.114. The highest BCUT2D eigenvalue weighted by molar-refractivity contribution is 7.92. The summed E-state index contributed by atoms with van der Waals surface area (Å²) in [5.74, 6) is -0.215. The maximum atomic E-state index is 12.3. The van der Waals surface area contributed by atoms with Crippen molar-refractivity contribution in [3.8, 4) is 0 Å². The molecule has 0 aromatic heterocycles. The van der Waals surface area contributed by atoms with E-state index in [0.29, 0.717) is 16.3 Å². The van der Waals surface area contributed by atoms with Crippen LogP contribution in [-0.4, -0.2) is 14.3 Å². The molecule has 2 aromatic carbocycles. The summed E-state index contributed by atoms with van der Waals surface area (Å²) < 4.78 is 27.0. The molecule has 0 spiro atoms. The van der Waals surface area contributed by atoms with E-state index in [0.717, 1.165) is 0 Å². The first-order valence-electron chi connectivity index (χ1n) is 6.07. The SMILES string of the molecule is CC(=O)Nc1ccc(S(=O)(=O)Nc2ccccc2S)cc1. The fourth-order valence-corrected chi connectivity index (χ4v) is 3.06. The molecule has 2 N–H and O–H groups in total. The van der Waals surface area contributed by atoms with Crippen LogP contribution >= 0.6 is 12.6 Å². The fraction of sp³-hybridized carbons (Fsp3) is 0.0714. The van der Waals surface area contributed by atoms with Gasteiger partial charge in [0, 0.05) is 17.5 Å². The average Bonchev–Trinajstić information content (AvgIpc) is 2.41. The van der Waals surface area contributed by atoms with E-state index in [1.165, 1.54) is 31.2 Å². The van der Waals surface area contributed by atoms with Crippen LogP contribution in [0.4, 0.5) is 11.4 Å². The number of sulfonamides is 1. The molecule has 2 rings (SSSR count). The van der Waals surface area contributed by atoms with Crippen molar-refractivity contribution in [1.82, 2.24) is 0 Å². The molecule has 0 atom stereocenters. The summed E-state index contributed by atoms with van der Waals surface area (Å²) >= 11 is 4.20. The van der Waals surface area contributed by atoms with Gasteiger partial charge in [0.15, 0.2) is 0 Å². The number of carbonyl (C=O) groups excluding carboxylic acids is 1. The highest BCUT2D eigenvalue weighted by Crippen LogP contribution is 2.23. The minimum atomic E-state index is -3.69. The second-order valence-corrected chi connectivity index (χ2v) is 6.49. The van der Waals surface area contributed by atoms with E-state index in [1.54, 1.807) is 24.3 Å². The minimum absolute atomic E-state index is 0.105. The molecule has 5 nitrogen and oxygen atoms in total. The molecule has 1 amide bonds. The van der Waals surface area contributed by atoms with Gasteiger partial charge in [0.2, 0.25) is 5.91 Å². The second kappa shape index (κ2) is 6.19. The third-order valence-corrected chi connectivity index (χ3v) is 4.40. The first-order chi connectivity index (χ1) is 9.88. The second-order valence-electron chi connectivity index (χ2n) is 4.33. The maximum Gasteiger partial charge on any atom is 0.261 e. The van der Waals surface area contributed by atoms with Gasteiger partial charge in [0.1, 0.15) is 0 Å². The molecule has 0 fully saturated rings. The van der Waals surface area contributed by atoms with Crippen LogP contribution in [0.2, 0.25) is 0 Å². The molecule has 110 valence electrons. The number of rotatable bonds is 4. The predicted octanol–water partition coefficient (Wildman–Crippen LogP) is 2.73. The number of para-hydroxylation sites is 1. The molecule has 21 heavy (non-hydrogen) atoms. The van der Waals surface area contributed by atoms with Crippen LogP contribution in [0.1, 0.15) is 6.92 Å². The highest BCUT2D eigenvalue weighted by atomic mass is 32.2. The zero-order valence-electron chi connectivity index (χ0n) is 11.2. The molecule has 0 radical (unpaired) electrons. The van der Waals surface area contributed by atoms with Crippen molar-refractivity contribution in [3.63, 3.8) is 0 Å². The van der Waals surface area contributed by atoms with Gasteiger partial charge in [-0.1, -0.05) is 12.1 Å². The number of hydrogen-bond acceptors (Lipinski definition) is 4. The van der Waals surface area contributed by atoms with Crippen LogP contribution in [0.5, 0.6) is 0 Å². The van der Waals surface area contributed by atoms with Crippen LogP contribution in [0.15, 0.2) is 58.3 Å². The van der Waals surface area contributed by atoms with Crippen LogP contribution < -0.4 is 10.0 Å². The Balaban J connectivity index is 2.24. The largest absolute Gasteiger partial charge is 0.326 e. The summed E-state index contributed by atoms with van der Waals surface area (Å²) in [6.45, 7) is 1.38. The fourth-order valence-electron chi connectivity index (χ4n) is 1.68. The first kappa shape index (κ1) is 15.4. The van der Waals surface area contributed by atoms with Crippen LogP contribution in [-0.2, 0) is 14.8 Å². The van der Waals surface area contributed by atoms with Gasteiger partial charge in [-0.3, -0.25) is 9.52 Å². The van der Waals surface area contributed by atoms with Crippen molar-refractivity contribution in [1.29, 1.82) is 0 Å². The van der Waals surface area contributed by atoms with Gasteiger partial charge in [-0.15, -0.1) is 12.6 Å². The van der Waals surface area contributed by atoms with Crippen molar-refractivity contribution < 1.29 is 13.2 Å². The van der Waals surface area contributed by atoms with Gasteiger partial charge in [-0.25, -0.2) is 8.42 Å². The molecule has 0 unspecified atom stereocenters. The zero-order valence-corrected chi connectivity index (χ0v) is 12.9. The predicted molar refractivity (Wildman–Crippen MR) is 85.2 cm³/mol. The van der Waals surface area contributed by atoms with Crippen LogP contribution in [0.25, 0.3) is 0 Å². The zero-order chi connectivity index (χ0) is 15.5. The summed E-state index contributed by atoms with van der Waals surface area (Å²) in [7, 11) is -3.69. The molecule has 2 aromatic rings. The van der Waals surface area contributed by atoms with Gasteiger partial charge < -0.3 is 5.32 Å². The van der Waals surface area contributed by atoms with Crippen molar-refractivity contribution in [2.45, 2.75) is 16.7 Å². The van der Waals surface area contributed by atoms with E-state index in [9.17, 15) is 13.2 Å². The average molecular weight is 322 g/mol. The Morgan fingerprint density at radius 3 is 2.24 bits per heavy atom. The molecular formula is C14H14N2O3S2. The number of hydrogen-bond donors (Lipinski definition) is 3. The normalized spacial score (nSPS) is 11.0. The molecule has 0 saturated carbocycles. The summed E-state index contributed by atoms with van der Waals surface area (Å²) in [4.78, 5) is 11.6. The number of nitrogens with one attached hydrogen (secondary N) is 2. The Morgan fingerprint density at radius 2 is 1.67 bits per heavy atom. The van der Waals surface area contributed by atoms with Gasteiger partial charge >= 0.3 is 0 Å². The molecule has 7 heteroatoms. The summed E-state index contributed by atoms with van der Waals surface area (Å²) in [5, 5.41) is 2.58. The molecule has 0 heterocycles. The van der Waals surface area contributed by atoms with Gasteiger partial charge in [-0.05, 0) is 36.4 Å². The van der Waals surface area contributed by atoms with Crippen molar-refractivity contribution in [2.75, 3.05) is 10.0 Å². The maximum absolute atomic E-state index is 12.3. The van der Waals surface area contributed by atoms with Crippen molar-refractivity contribution in [2.24, 2.45) is 0 Å². The Morgan fingerprint density at radius 1 is 1.05 bits per heavy atom. The van der Waals surface area contributed by atoms with Crippen LogP contribution in [0.3, 0.4) is 0 Å². The van der Waals surface area contributed by atoms with Crippen molar-refractivity contribution in [3.05, 3.63) is 48.5 Å². The highest BCUT2D eigenvalue weighted by Gasteiger charge is 2.15. The van der Waals surface area contributed by atoms with Gasteiger partial charge in [0.25, 0.3) is 10.0 Å². The van der Waals surface area contributed by atoms with E-state index in [1.807, 2.05) is 0 Å². The van der Waals surface area contributed by atoms with Crippen molar-refractivity contribution >= 4 is 39.9 Å². The van der Waals surface area contributed by atoms with Gasteiger partial charge in [0.05, 0.1) is 10.6 Å². The van der Waals surface area contributed by atoms with Crippen LogP contribution in [0, 0.1) is 0 Å². The third-order valence-electron chi connectivity index (χ3n) is 2.63. The van der Waals surface area contributed by atoms with E-state index < -0.39 is 10.0 Å². The Kier molecular flexibility index (Phi) is 4.54. The monoisotopic (exact) mass is 322 g/mol. The molecule has 0 saturated heterocycles. The summed E-state index contributed by atoms with van der Waals surface area (Å²) in [6, 6.07) is 12.7. The lowest BCUT2D eigenvalue weighted by Gasteiger charge is -2.10. The first-order valence-corrected chi connectivity index (χ1v) is 8.00.